The third kappa shape index (κ3) is 3.46. The van der Waals surface area contributed by atoms with E-state index in [1.807, 2.05) is 48.3 Å². The number of carbonyl (C=O) groups excluding carboxylic acids is 1. The van der Waals surface area contributed by atoms with E-state index in [2.05, 4.69) is 17.4 Å². The van der Waals surface area contributed by atoms with Crippen LogP contribution in [-0.4, -0.2) is 37.4 Å². The zero-order valence-corrected chi connectivity index (χ0v) is 12.7. The maximum Gasteiger partial charge on any atom is 0.176 e. The molecule has 22 heavy (non-hydrogen) atoms. The van der Waals surface area contributed by atoms with Crippen molar-refractivity contribution < 1.29 is 9.53 Å². The molecule has 0 bridgehead atoms. The van der Waals surface area contributed by atoms with Crippen LogP contribution in [0.25, 0.3) is 0 Å². The number of hydrogen-bond acceptors (Lipinski definition) is 4. The number of carbonyl (C=O) groups is 1. The third-order valence-corrected chi connectivity index (χ3v) is 3.69. The van der Waals surface area contributed by atoms with Crippen LogP contribution in [-0.2, 0) is 6.54 Å². The Labute approximate surface area is 130 Å². The average molecular weight is 296 g/mol. The van der Waals surface area contributed by atoms with Crippen molar-refractivity contribution in [1.82, 2.24) is 4.90 Å². The summed E-state index contributed by atoms with van der Waals surface area (Å²) < 4.78 is 5.53. The van der Waals surface area contributed by atoms with E-state index in [1.54, 1.807) is 0 Å². The summed E-state index contributed by atoms with van der Waals surface area (Å²) in [7, 11) is 1.96. The molecule has 1 aliphatic heterocycles. The Morgan fingerprint density at radius 3 is 2.86 bits per heavy atom. The first-order chi connectivity index (χ1) is 10.7. The van der Waals surface area contributed by atoms with Crippen LogP contribution in [0.3, 0.4) is 0 Å². The molecular weight excluding hydrogens is 276 g/mol. The van der Waals surface area contributed by atoms with Crippen molar-refractivity contribution in [3.63, 3.8) is 0 Å². The van der Waals surface area contributed by atoms with Crippen LogP contribution in [0, 0.1) is 0 Å². The second kappa shape index (κ2) is 6.62. The lowest BCUT2D eigenvalue weighted by Gasteiger charge is -2.20. The first kappa shape index (κ1) is 14.6. The van der Waals surface area contributed by atoms with E-state index in [9.17, 15) is 4.79 Å². The molecule has 1 N–H and O–H groups in total. The SMILES string of the molecule is CN(CC(=O)c1ccc2c(c1)NCCO2)Cc1ccccc1. The van der Waals surface area contributed by atoms with Crippen LogP contribution < -0.4 is 10.1 Å². The minimum Gasteiger partial charge on any atom is -0.490 e. The van der Waals surface area contributed by atoms with Gasteiger partial charge in [0, 0.05) is 18.7 Å². The summed E-state index contributed by atoms with van der Waals surface area (Å²) in [6, 6.07) is 15.8. The number of rotatable bonds is 5. The quantitative estimate of drug-likeness (QED) is 0.862. The van der Waals surface area contributed by atoms with E-state index < -0.39 is 0 Å². The molecule has 0 amide bonds. The van der Waals surface area contributed by atoms with Crippen LogP contribution in [0.2, 0.25) is 0 Å². The molecule has 0 unspecified atom stereocenters. The molecule has 3 rings (SSSR count). The lowest BCUT2D eigenvalue weighted by atomic mass is 10.1. The summed E-state index contributed by atoms with van der Waals surface area (Å²) >= 11 is 0. The number of Topliss-reactive ketones (excluding diaryl/α,β-unsaturated/α-hetero) is 1. The van der Waals surface area contributed by atoms with E-state index in [0.717, 1.165) is 30.1 Å². The number of ether oxygens (including phenoxy) is 1. The van der Waals surface area contributed by atoms with Crippen molar-refractivity contribution in [2.24, 2.45) is 0 Å². The van der Waals surface area contributed by atoms with Gasteiger partial charge in [0.25, 0.3) is 0 Å². The molecule has 0 saturated heterocycles. The zero-order chi connectivity index (χ0) is 15.4. The monoisotopic (exact) mass is 296 g/mol. The van der Waals surface area contributed by atoms with Crippen molar-refractivity contribution in [2.45, 2.75) is 6.54 Å². The smallest absolute Gasteiger partial charge is 0.176 e. The molecule has 114 valence electrons. The summed E-state index contributed by atoms with van der Waals surface area (Å²) in [5.41, 5.74) is 2.83. The third-order valence-electron chi connectivity index (χ3n) is 3.69. The molecule has 2 aromatic carbocycles. The maximum atomic E-state index is 12.4. The van der Waals surface area contributed by atoms with Gasteiger partial charge in [0.05, 0.1) is 12.2 Å². The molecule has 4 heteroatoms. The summed E-state index contributed by atoms with van der Waals surface area (Å²) in [6.45, 7) is 2.60. The van der Waals surface area contributed by atoms with Crippen LogP contribution in [0.5, 0.6) is 5.75 Å². The highest BCUT2D eigenvalue weighted by Crippen LogP contribution is 2.28. The molecule has 0 fully saturated rings. The highest BCUT2D eigenvalue weighted by atomic mass is 16.5. The minimum absolute atomic E-state index is 0.119. The van der Waals surface area contributed by atoms with Crippen LogP contribution >= 0.6 is 0 Å². The molecular formula is C18H20N2O2. The van der Waals surface area contributed by atoms with Gasteiger partial charge in [-0.25, -0.2) is 0 Å². The number of nitrogens with zero attached hydrogens (tertiary/aromatic N) is 1. The highest BCUT2D eigenvalue weighted by Gasteiger charge is 2.14. The number of hydrogen-bond donors (Lipinski definition) is 1. The van der Waals surface area contributed by atoms with Gasteiger partial charge in [0.15, 0.2) is 5.78 Å². The summed E-state index contributed by atoms with van der Waals surface area (Å²) in [4.78, 5) is 14.4. The Morgan fingerprint density at radius 1 is 1.23 bits per heavy atom. The fourth-order valence-corrected chi connectivity index (χ4v) is 2.60. The van der Waals surface area contributed by atoms with Gasteiger partial charge in [0.2, 0.25) is 0 Å². The number of likely N-dealkylation sites (N-methyl/N-ethyl adjacent to an activating group) is 1. The summed E-state index contributed by atoms with van der Waals surface area (Å²) in [6.07, 6.45) is 0. The van der Waals surface area contributed by atoms with Gasteiger partial charge < -0.3 is 10.1 Å². The van der Waals surface area contributed by atoms with E-state index in [0.29, 0.717) is 13.2 Å². The topological polar surface area (TPSA) is 41.6 Å². The Hall–Kier alpha value is -2.33. The molecule has 2 aromatic rings. The van der Waals surface area contributed by atoms with E-state index in [4.69, 9.17) is 4.74 Å². The molecule has 0 spiro atoms. The van der Waals surface area contributed by atoms with Gasteiger partial charge in [-0.15, -0.1) is 0 Å². The second-order valence-electron chi connectivity index (χ2n) is 5.57. The molecule has 4 nitrogen and oxygen atoms in total. The summed E-state index contributed by atoms with van der Waals surface area (Å²) in [5.74, 6) is 0.939. The Balaban J connectivity index is 1.64. The summed E-state index contributed by atoms with van der Waals surface area (Å²) in [5, 5.41) is 3.26. The molecule has 0 aromatic heterocycles. The van der Waals surface area contributed by atoms with Gasteiger partial charge in [-0.3, -0.25) is 9.69 Å². The average Bonchev–Trinajstić information content (AvgIpc) is 2.55. The number of nitrogens with one attached hydrogen (secondary N) is 1. The van der Waals surface area contributed by atoms with Crippen molar-refractivity contribution in [3.8, 4) is 5.75 Å². The lowest BCUT2D eigenvalue weighted by molar-refractivity contribution is 0.0943. The zero-order valence-electron chi connectivity index (χ0n) is 12.7. The predicted octanol–water partition coefficient (Wildman–Crippen LogP) is 2.81. The van der Waals surface area contributed by atoms with Gasteiger partial charge >= 0.3 is 0 Å². The number of ketones is 1. The standard InChI is InChI=1S/C18H20N2O2/c1-20(12-14-5-3-2-4-6-14)13-17(21)15-7-8-18-16(11-15)19-9-10-22-18/h2-8,11,19H,9-10,12-13H2,1H3. The van der Waals surface area contributed by atoms with E-state index in [-0.39, 0.29) is 5.78 Å². The molecule has 0 aliphatic carbocycles. The Bertz CT molecular complexity index is 655. The largest absolute Gasteiger partial charge is 0.490 e. The predicted molar refractivity (Wildman–Crippen MR) is 87.5 cm³/mol. The van der Waals surface area contributed by atoms with Crippen LogP contribution in [0.1, 0.15) is 15.9 Å². The number of fused-ring (bicyclic) bond motifs is 1. The fourth-order valence-electron chi connectivity index (χ4n) is 2.60. The van der Waals surface area contributed by atoms with Gasteiger partial charge in [-0.05, 0) is 30.8 Å². The first-order valence-corrected chi connectivity index (χ1v) is 7.49. The fraction of sp³-hybridized carbons (Fsp3) is 0.278. The van der Waals surface area contributed by atoms with Gasteiger partial charge in [-0.2, -0.15) is 0 Å². The second-order valence-corrected chi connectivity index (χ2v) is 5.57. The van der Waals surface area contributed by atoms with Crippen molar-refractivity contribution in [1.29, 1.82) is 0 Å². The van der Waals surface area contributed by atoms with Crippen molar-refractivity contribution in [3.05, 3.63) is 59.7 Å². The molecule has 1 aliphatic rings. The van der Waals surface area contributed by atoms with Crippen molar-refractivity contribution >= 4 is 11.5 Å². The van der Waals surface area contributed by atoms with E-state index in [1.165, 1.54) is 5.56 Å². The Kier molecular flexibility index (Phi) is 4.39. The normalized spacial score (nSPS) is 13.2. The Morgan fingerprint density at radius 2 is 2.05 bits per heavy atom. The first-order valence-electron chi connectivity index (χ1n) is 7.49. The molecule has 1 heterocycles. The number of benzene rings is 2. The van der Waals surface area contributed by atoms with Crippen LogP contribution in [0.15, 0.2) is 48.5 Å². The van der Waals surface area contributed by atoms with Gasteiger partial charge in [0.1, 0.15) is 12.4 Å². The maximum absolute atomic E-state index is 12.4. The highest BCUT2D eigenvalue weighted by molar-refractivity contribution is 5.98. The van der Waals surface area contributed by atoms with Gasteiger partial charge in [-0.1, -0.05) is 30.3 Å². The molecule has 0 saturated carbocycles. The lowest BCUT2D eigenvalue weighted by Crippen LogP contribution is -2.26. The molecule has 0 radical (unpaired) electrons. The number of anilines is 1. The van der Waals surface area contributed by atoms with Crippen molar-refractivity contribution in [2.75, 3.05) is 32.1 Å². The van der Waals surface area contributed by atoms with Crippen LogP contribution in [0.4, 0.5) is 5.69 Å². The minimum atomic E-state index is 0.119. The van der Waals surface area contributed by atoms with E-state index >= 15 is 0 Å². The molecule has 0 atom stereocenters.